The second kappa shape index (κ2) is 6.02. The molecular weight excluding hydrogens is 244 g/mol. The third-order valence-corrected chi connectivity index (χ3v) is 3.65. The molecule has 1 amide bonds. The van der Waals surface area contributed by atoms with E-state index in [1.807, 2.05) is 4.90 Å². The van der Waals surface area contributed by atoms with Gasteiger partial charge in [-0.25, -0.2) is 0 Å². The highest BCUT2D eigenvalue weighted by Gasteiger charge is 2.29. The Hall–Kier alpha value is -1.62. The summed E-state index contributed by atoms with van der Waals surface area (Å²) in [5, 5.41) is 8.89. The molecule has 0 radical (unpaired) electrons. The highest BCUT2D eigenvalue weighted by molar-refractivity contribution is 5.99. The average Bonchev–Trinajstić information content (AvgIpc) is 3.04. The summed E-state index contributed by atoms with van der Waals surface area (Å²) in [4.78, 5) is 28.3. The lowest BCUT2D eigenvalue weighted by atomic mass is 10.1. The van der Waals surface area contributed by atoms with Crippen molar-refractivity contribution in [2.75, 3.05) is 13.2 Å². The number of ketones is 1. The van der Waals surface area contributed by atoms with Crippen LogP contribution in [-0.4, -0.2) is 45.9 Å². The molecule has 0 spiro atoms. The fraction of sp³-hybridized carbons (Fsp3) is 0.571. The molecule has 1 unspecified atom stereocenters. The quantitative estimate of drug-likeness (QED) is 0.793. The maximum absolute atomic E-state index is 12.4. The minimum Gasteiger partial charge on any atom is -0.396 e. The van der Waals surface area contributed by atoms with Crippen LogP contribution < -0.4 is 0 Å². The zero-order valence-corrected chi connectivity index (χ0v) is 11.2. The first-order valence-electron chi connectivity index (χ1n) is 6.74. The molecule has 0 saturated carbocycles. The van der Waals surface area contributed by atoms with E-state index in [4.69, 9.17) is 5.11 Å². The molecule has 0 aliphatic carbocycles. The number of Topliss-reactive ketones (excluding diaryl/α,β-unsaturated/α-hetero) is 1. The monoisotopic (exact) mass is 264 g/mol. The molecule has 0 aromatic carbocycles. The number of nitrogens with one attached hydrogen (secondary N) is 1. The number of aliphatic hydroxyl groups is 1. The lowest BCUT2D eigenvalue weighted by Crippen LogP contribution is -2.35. The van der Waals surface area contributed by atoms with Crippen molar-refractivity contribution in [2.24, 2.45) is 0 Å². The van der Waals surface area contributed by atoms with Gasteiger partial charge in [0.15, 0.2) is 5.78 Å². The van der Waals surface area contributed by atoms with Crippen LogP contribution in [0.15, 0.2) is 12.3 Å². The maximum atomic E-state index is 12.4. The van der Waals surface area contributed by atoms with Crippen LogP contribution in [0.1, 0.15) is 53.5 Å². The standard InChI is InChI=1S/C14H20N2O3/c1-10(18)11-8-13(15-9-11)14(19)16-6-2-4-12(16)5-3-7-17/h8-9,12,15,17H,2-7H2,1H3. The van der Waals surface area contributed by atoms with E-state index in [0.29, 0.717) is 11.3 Å². The number of rotatable bonds is 5. The van der Waals surface area contributed by atoms with Crippen LogP contribution in [0.4, 0.5) is 0 Å². The van der Waals surface area contributed by atoms with Gasteiger partial charge in [-0.1, -0.05) is 0 Å². The Morgan fingerprint density at radius 1 is 1.53 bits per heavy atom. The number of hydrogen-bond acceptors (Lipinski definition) is 3. The lowest BCUT2D eigenvalue weighted by Gasteiger charge is -2.24. The number of aromatic nitrogens is 1. The van der Waals surface area contributed by atoms with E-state index < -0.39 is 0 Å². The summed E-state index contributed by atoms with van der Waals surface area (Å²) < 4.78 is 0. The molecule has 104 valence electrons. The summed E-state index contributed by atoms with van der Waals surface area (Å²) in [6.45, 7) is 2.40. The van der Waals surface area contributed by atoms with E-state index >= 15 is 0 Å². The van der Waals surface area contributed by atoms with Crippen molar-refractivity contribution < 1.29 is 14.7 Å². The number of carbonyl (C=O) groups excluding carboxylic acids is 2. The van der Waals surface area contributed by atoms with Crippen LogP contribution in [0.5, 0.6) is 0 Å². The predicted molar refractivity (Wildman–Crippen MR) is 71.2 cm³/mol. The first-order valence-corrected chi connectivity index (χ1v) is 6.74. The van der Waals surface area contributed by atoms with Crippen LogP contribution in [0.3, 0.4) is 0 Å². The van der Waals surface area contributed by atoms with Crippen molar-refractivity contribution in [1.82, 2.24) is 9.88 Å². The van der Waals surface area contributed by atoms with Gasteiger partial charge in [0.25, 0.3) is 5.91 Å². The van der Waals surface area contributed by atoms with E-state index in [1.165, 1.54) is 6.92 Å². The molecule has 5 heteroatoms. The number of amides is 1. The van der Waals surface area contributed by atoms with Crippen molar-refractivity contribution in [1.29, 1.82) is 0 Å². The smallest absolute Gasteiger partial charge is 0.270 e. The molecule has 19 heavy (non-hydrogen) atoms. The van der Waals surface area contributed by atoms with Crippen LogP contribution in [0.25, 0.3) is 0 Å². The highest BCUT2D eigenvalue weighted by atomic mass is 16.3. The fourth-order valence-corrected chi connectivity index (χ4v) is 2.61. The van der Waals surface area contributed by atoms with Gasteiger partial charge in [-0.3, -0.25) is 9.59 Å². The minimum atomic E-state index is -0.0482. The Labute approximate surface area is 112 Å². The van der Waals surface area contributed by atoms with Crippen molar-refractivity contribution in [2.45, 2.75) is 38.6 Å². The molecule has 5 nitrogen and oxygen atoms in total. The van der Waals surface area contributed by atoms with Gasteiger partial charge in [-0.05, 0) is 38.7 Å². The number of nitrogens with zero attached hydrogens (tertiary/aromatic N) is 1. The molecule has 1 aromatic rings. The fourth-order valence-electron chi connectivity index (χ4n) is 2.61. The first-order chi connectivity index (χ1) is 9.13. The Kier molecular flexibility index (Phi) is 4.37. The second-order valence-electron chi connectivity index (χ2n) is 5.02. The number of aromatic amines is 1. The summed E-state index contributed by atoms with van der Waals surface area (Å²) in [7, 11) is 0. The largest absolute Gasteiger partial charge is 0.396 e. The van der Waals surface area contributed by atoms with Crippen molar-refractivity contribution in [3.8, 4) is 0 Å². The summed E-state index contributed by atoms with van der Waals surface area (Å²) in [5.74, 6) is -0.0958. The number of hydrogen-bond donors (Lipinski definition) is 2. The molecule has 0 bridgehead atoms. The van der Waals surface area contributed by atoms with E-state index in [2.05, 4.69) is 4.98 Å². The molecule has 1 atom stereocenters. The van der Waals surface area contributed by atoms with E-state index in [9.17, 15) is 9.59 Å². The molecule has 2 heterocycles. The molecule has 2 N–H and O–H groups in total. The van der Waals surface area contributed by atoms with Crippen LogP contribution in [0.2, 0.25) is 0 Å². The number of likely N-dealkylation sites (tertiary alicyclic amines) is 1. The van der Waals surface area contributed by atoms with E-state index in [-0.39, 0.29) is 24.3 Å². The molecule has 1 aromatic heterocycles. The van der Waals surface area contributed by atoms with Gasteiger partial charge in [0.05, 0.1) is 0 Å². The first kappa shape index (κ1) is 13.8. The summed E-state index contributed by atoms with van der Waals surface area (Å²) in [6, 6.07) is 1.83. The Morgan fingerprint density at radius 2 is 2.32 bits per heavy atom. The van der Waals surface area contributed by atoms with Crippen LogP contribution >= 0.6 is 0 Å². The van der Waals surface area contributed by atoms with Gasteiger partial charge >= 0.3 is 0 Å². The van der Waals surface area contributed by atoms with Crippen molar-refractivity contribution in [3.63, 3.8) is 0 Å². The molecule has 2 rings (SSSR count). The normalized spacial score (nSPS) is 18.8. The zero-order valence-electron chi connectivity index (χ0n) is 11.2. The summed E-state index contributed by atoms with van der Waals surface area (Å²) in [6.07, 6.45) is 5.13. The van der Waals surface area contributed by atoms with Gasteiger partial charge in [-0.2, -0.15) is 0 Å². The van der Waals surface area contributed by atoms with Gasteiger partial charge in [0, 0.05) is 31.0 Å². The van der Waals surface area contributed by atoms with Crippen molar-refractivity contribution in [3.05, 3.63) is 23.5 Å². The molecule has 1 aliphatic heterocycles. The molecule has 1 fully saturated rings. The average molecular weight is 264 g/mol. The molecule has 1 aliphatic rings. The molecular formula is C14H20N2O3. The van der Waals surface area contributed by atoms with E-state index in [1.54, 1.807) is 12.3 Å². The highest BCUT2D eigenvalue weighted by Crippen LogP contribution is 2.23. The van der Waals surface area contributed by atoms with E-state index in [0.717, 1.165) is 32.2 Å². The Bertz CT molecular complexity index is 467. The van der Waals surface area contributed by atoms with Gasteiger partial charge < -0.3 is 15.0 Å². The number of aliphatic hydroxyl groups excluding tert-OH is 1. The van der Waals surface area contributed by atoms with Gasteiger partial charge in [-0.15, -0.1) is 0 Å². The van der Waals surface area contributed by atoms with Crippen LogP contribution in [-0.2, 0) is 0 Å². The third kappa shape index (κ3) is 3.04. The predicted octanol–water partition coefficient (Wildman–Crippen LogP) is 1.59. The van der Waals surface area contributed by atoms with Crippen LogP contribution in [0, 0.1) is 0 Å². The second-order valence-corrected chi connectivity index (χ2v) is 5.02. The number of carbonyl (C=O) groups is 2. The summed E-state index contributed by atoms with van der Waals surface area (Å²) in [5.41, 5.74) is 1.01. The number of H-pyrrole nitrogens is 1. The SMILES string of the molecule is CC(=O)c1c[nH]c(C(=O)N2CCCC2CCCO)c1. The Morgan fingerprint density at radius 3 is 2.95 bits per heavy atom. The van der Waals surface area contributed by atoms with Gasteiger partial charge in [0.1, 0.15) is 5.69 Å². The zero-order chi connectivity index (χ0) is 13.8. The Balaban J connectivity index is 2.07. The minimum absolute atomic E-state index is 0.0476. The molecule has 1 saturated heterocycles. The lowest BCUT2D eigenvalue weighted by molar-refractivity contribution is 0.0719. The summed E-state index contributed by atoms with van der Waals surface area (Å²) >= 11 is 0. The topological polar surface area (TPSA) is 73.4 Å². The van der Waals surface area contributed by atoms with Crippen molar-refractivity contribution >= 4 is 11.7 Å². The third-order valence-electron chi connectivity index (χ3n) is 3.65. The van der Waals surface area contributed by atoms with Gasteiger partial charge in [0.2, 0.25) is 0 Å². The maximum Gasteiger partial charge on any atom is 0.270 e.